The van der Waals surface area contributed by atoms with E-state index in [1.54, 1.807) is 14.2 Å². The first kappa shape index (κ1) is 21.3. The molecular formula is C20H32O5Si. The molecule has 1 aromatic carbocycles. The Kier molecular flexibility index (Phi) is 8.00. The molecule has 0 amide bonds. The van der Waals surface area contributed by atoms with Crippen LogP contribution in [0.25, 0.3) is 6.08 Å². The van der Waals surface area contributed by atoms with E-state index in [-0.39, 0.29) is 11.6 Å². The molecular weight excluding hydrogens is 348 g/mol. The first-order valence-corrected chi connectivity index (χ1v) is 10.9. The minimum Gasteiger partial charge on any atom is -0.379 e. The van der Waals surface area contributed by atoms with Crippen LogP contribution < -0.4 is 0 Å². The summed E-state index contributed by atoms with van der Waals surface area (Å²) in [5, 5.41) is 0. The summed E-state index contributed by atoms with van der Waals surface area (Å²) in [5.41, 5.74) is 0.752. The third kappa shape index (κ3) is 6.61. The predicted octanol–water partition coefficient (Wildman–Crippen LogP) is 3.92. The van der Waals surface area contributed by atoms with Crippen LogP contribution in [0.3, 0.4) is 0 Å². The van der Waals surface area contributed by atoms with Crippen molar-refractivity contribution in [1.29, 1.82) is 0 Å². The van der Waals surface area contributed by atoms with E-state index in [2.05, 4.69) is 31.2 Å². The van der Waals surface area contributed by atoms with Crippen LogP contribution in [0.2, 0.25) is 5.54 Å². The van der Waals surface area contributed by atoms with E-state index in [0.29, 0.717) is 13.2 Å². The van der Waals surface area contributed by atoms with Gasteiger partial charge in [0.05, 0.1) is 18.8 Å². The number of hydrogen-bond donors (Lipinski definition) is 0. The Labute approximate surface area is 158 Å². The summed E-state index contributed by atoms with van der Waals surface area (Å²) < 4.78 is 28.9. The monoisotopic (exact) mass is 380 g/mol. The highest BCUT2D eigenvalue weighted by molar-refractivity contribution is 6.62. The number of epoxide rings is 1. The lowest BCUT2D eigenvalue weighted by Crippen LogP contribution is -2.52. The highest BCUT2D eigenvalue weighted by atomic mass is 28.4. The second-order valence-electron chi connectivity index (χ2n) is 7.18. The summed E-state index contributed by atoms with van der Waals surface area (Å²) in [4.78, 5) is 0. The van der Waals surface area contributed by atoms with Gasteiger partial charge in [-0.3, -0.25) is 0 Å². The van der Waals surface area contributed by atoms with Gasteiger partial charge in [0, 0.05) is 26.4 Å². The normalized spacial score (nSPS) is 19.0. The van der Waals surface area contributed by atoms with Gasteiger partial charge >= 0.3 is 8.80 Å². The van der Waals surface area contributed by atoms with Gasteiger partial charge in [0.1, 0.15) is 6.10 Å². The lowest BCUT2D eigenvalue weighted by atomic mass is 10.1. The van der Waals surface area contributed by atoms with Crippen LogP contribution >= 0.6 is 0 Å². The van der Waals surface area contributed by atoms with Gasteiger partial charge in [0.25, 0.3) is 0 Å². The number of rotatable bonds is 12. The van der Waals surface area contributed by atoms with Crippen molar-refractivity contribution in [2.45, 2.75) is 44.4 Å². The van der Waals surface area contributed by atoms with Crippen molar-refractivity contribution in [3.63, 3.8) is 0 Å². The van der Waals surface area contributed by atoms with Crippen molar-refractivity contribution >= 4 is 14.9 Å². The van der Waals surface area contributed by atoms with Gasteiger partial charge in [0.2, 0.25) is 0 Å². The van der Waals surface area contributed by atoms with E-state index < -0.39 is 14.4 Å². The van der Waals surface area contributed by atoms with E-state index in [9.17, 15) is 0 Å². The molecule has 5 nitrogen and oxygen atoms in total. The molecule has 146 valence electrons. The molecule has 1 aliphatic heterocycles. The smallest absolute Gasteiger partial charge is 0.379 e. The summed E-state index contributed by atoms with van der Waals surface area (Å²) in [6.45, 7) is 8.28. The lowest BCUT2D eigenvalue weighted by molar-refractivity contribution is 0.0217. The average molecular weight is 381 g/mol. The van der Waals surface area contributed by atoms with Crippen molar-refractivity contribution < 1.29 is 22.8 Å². The van der Waals surface area contributed by atoms with E-state index in [1.807, 2.05) is 32.0 Å². The second-order valence-corrected chi connectivity index (χ2v) is 10.4. The van der Waals surface area contributed by atoms with Gasteiger partial charge in [-0.1, -0.05) is 49.4 Å². The summed E-state index contributed by atoms with van der Waals surface area (Å²) in [7, 11) is 0.493. The molecule has 1 heterocycles. The molecule has 1 fully saturated rings. The van der Waals surface area contributed by atoms with Crippen LogP contribution in [0.5, 0.6) is 0 Å². The fourth-order valence-electron chi connectivity index (χ4n) is 2.75. The van der Waals surface area contributed by atoms with Crippen molar-refractivity contribution in [1.82, 2.24) is 0 Å². The van der Waals surface area contributed by atoms with Crippen LogP contribution in [0.1, 0.15) is 32.8 Å². The molecule has 0 spiro atoms. The zero-order chi connectivity index (χ0) is 19.0. The molecule has 26 heavy (non-hydrogen) atoms. The van der Waals surface area contributed by atoms with Crippen molar-refractivity contribution in [3.8, 4) is 0 Å². The number of hydrogen-bond acceptors (Lipinski definition) is 5. The van der Waals surface area contributed by atoms with E-state index in [1.165, 1.54) is 0 Å². The predicted molar refractivity (Wildman–Crippen MR) is 105 cm³/mol. The van der Waals surface area contributed by atoms with Gasteiger partial charge < -0.3 is 22.8 Å². The Morgan fingerprint density at radius 3 is 2.46 bits per heavy atom. The van der Waals surface area contributed by atoms with E-state index in [0.717, 1.165) is 18.6 Å². The molecule has 0 aliphatic carbocycles. The quantitative estimate of drug-likeness (QED) is 0.312. The molecule has 2 atom stereocenters. The van der Waals surface area contributed by atoms with Crippen LogP contribution in [0.4, 0.5) is 0 Å². The largest absolute Gasteiger partial charge is 0.504 e. The topological polar surface area (TPSA) is 49.5 Å². The lowest BCUT2D eigenvalue weighted by Gasteiger charge is -2.37. The fourth-order valence-corrected chi connectivity index (χ4v) is 5.36. The molecule has 6 heteroatoms. The summed E-state index contributed by atoms with van der Waals surface area (Å²) in [6.07, 6.45) is 5.22. The highest BCUT2D eigenvalue weighted by Gasteiger charge is 2.48. The highest BCUT2D eigenvalue weighted by Crippen LogP contribution is 2.32. The maximum absolute atomic E-state index is 6.43. The van der Waals surface area contributed by atoms with Gasteiger partial charge in [-0.25, -0.2) is 0 Å². The van der Waals surface area contributed by atoms with Gasteiger partial charge in [-0.15, -0.1) is 0 Å². The fraction of sp³-hybridized carbons (Fsp3) is 0.600. The first-order valence-electron chi connectivity index (χ1n) is 9.15. The van der Waals surface area contributed by atoms with E-state index >= 15 is 0 Å². The number of benzene rings is 1. The van der Waals surface area contributed by atoms with Crippen molar-refractivity contribution in [3.05, 3.63) is 42.0 Å². The summed E-state index contributed by atoms with van der Waals surface area (Å²) >= 11 is 0. The zero-order valence-corrected chi connectivity index (χ0v) is 17.6. The van der Waals surface area contributed by atoms with Crippen LogP contribution in [-0.4, -0.2) is 54.5 Å². The molecule has 2 unspecified atom stereocenters. The minimum absolute atomic E-state index is 0.127. The van der Waals surface area contributed by atoms with Crippen LogP contribution in [0, 0.1) is 0 Å². The Bertz CT molecular complexity index is 553. The molecule has 1 aliphatic rings. The second kappa shape index (κ2) is 9.78. The molecule has 0 saturated carbocycles. The minimum atomic E-state index is -2.84. The Balaban J connectivity index is 1.95. The summed E-state index contributed by atoms with van der Waals surface area (Å²) in [5.74, 6) is 0. The molecule has 2 rings (SSSR count). The standard InChI is InChI=1S/C20H32O5Si/c1-17(12-14-23-15-19-16-24-19)26(21-4,22-5)25-20(2,3)13-11-18-9-7-6-8-10-18/h6-11,13,17,19H,12,14-16H2,1-5H3. The Hall–Kier alpha value is -1.02. The molecule has 0 radical (unpaired) electrons. The maximum atomic E-state index is 6.43. The molecule has 1 saturated heterocycles. The Morgan fingerprint density at radius 2 is 1.88 bits per heavy atom. The van der Waals surface area contributed by atoms with E-state index in [4.69, 9.17) is 22.8 Å². The third-order valence-corrected chi connectivity index (χ3v) is 7.90. The SMILES string of the molecule is CO[Si](OC)(OC(C)(C)C=Cc1ccccc1)C(C)CCOCC1CO1. The van der Waals surface area contributed by atoms with Gasteiger partial charge in [0.15, 0.2) is 0 Å². The Morgan fingerprint density at radius 1 is 1.23 bits per heavy atom. The van der Waals surface area contributed by atoms with Gasteiger partial charge in [-0.2, -0.15) is 0 Å². The van der Waals surface area contributed by atoms with Gasteiger partial charge in [-0.05, 0) is 25.8 Å². The molecule has 0 N–H and O–H groups in total. The molecule has 0 aromatic heterocycles. The maximum Gasteiger partial charge on any atom is 0.504 e. The van der Waals surface area contributed by atoms with Crippen LogP contribution in [-0.2, 0) is 22.8 Å². The van der Waals surface area contributed by atoms with Crippen molar-refractivity contribution in [2.75, 3.05) is 34.0 Å². The van der Waals surface area contributed by atoms with Crippen molar-refractivity contribution in [2.24, 2.45) is 0 Å². The molecule has 0 bridgehead atoms. The molecule has 1 aromatic rings. The third-order valence-electron chi connectivity index (χ3n) is 4.46. The average Bonchev–Trinajstić information content (AvgIpc) is 3.47. The first-order chi connectivity index (χ1) is 12.4. The summed E-state index contributed by atoms with van der Waals surface area (Å²) in [6, 6.07) is 10.2. The number of ether oxygens (including phenoxy) is 2. The zero-order valence-electron chi connectivity index (χ0n) is 16.6. The van der Waals surface area contributed by atoms with Crippen LogP contribution in [0.15, 0.2) is 36.4 Å².